The molecule has 0 spiro atoms. The third-order valence-corrected chi connectivity index (χ3v) is 4.71. The van der Waals surface area contributed by atoms with Gasteiger partial charge in [-0.3, -0.25) is 9.59 Å². The molecule has 1 aliphatic carbocycles. The molecule has 0 aromatic heterocycles. The molecule has 2 rings (SSSR count). The molecule has 1 aliphatic rings. The summed E-state index contributed by atoms with van der Waals surface area (Å²) in [5, 5.41) is 2.84. The monoisotopic (exact) mass is 348 g/mol. The molecule has 3 N–H and O–H groups in total. The van der Waals surface area contributed by atoms with Gasteiger partial charge >= 0.3 is 5.97 Å². The van der Waals surface area contributed by atoms with Crippen LogP contribution in [0.3, 0.4) is 0 Å². The Morgan fingerprint density at radius 2 is 1.88 bits per heavy atom. The summed E-state index contributed by atoms with van der Waals surface area (Å²) in [7, 11) is 1.36. The van der Waals surface area contributed by atoms with Crippen LogP contribution in [0.4, 0.5) is 0 Å². The molecule has 1 saturated carbocycles. The van der Waals surface area contributed by atoms with E-state index in [9.17, 15) is 9.59 Å². The van der Waals surface area contributed by atoms with E-state index in [1.165, 1.54) is 7.11 Å². The lowest BCUT2D eigenvalue weighted by Gasteiger charge is -2.24. The number of amides is 1. The minimum Gasteiger partial charge on any atom is -0.494 e. The normalized spacial score (nSPS) is 16.9. The van der Waals surface area contributed by atoms with Crippen LogP contribution in [0.5, 0.6) is 5.75 Å². The van der Waals surface area contributed by atoms with Gasteiger partial charge in [0.15, 0.2) is 0 Å². The molecule has 0 heterocycles. The second-order valence-electron chi connectivity index (χ2n) is 6.57. The van der Waals surface area contributed by atoms with Gasteiger partial charge in [0, 0.05) is 6.54 Å². The van der Waals surface area contributed by atoms with Crippen LogP contribution in [-0.2, 0) is 20.7 Å². The molecule has 0 bridgehead atoms. The van der Waals surface area contributed by atoms with Gasteiger partial charge in [-0.2, -0.15) is 0 Å². The number of esters is 1. The highest BCUT2D eigenvalue weighted by molar-refractivity contribution is 5.86. The fourth-order valence-corrected chi connectivity index (χ4v) is 3.20. The zero-order valence-corrected chi connectivity index (χ0v) is 15.0. The van der Waals surface area contributed by atoms with Crippen molar-refractivity contribution in [1.82, 2.24) is 5.32 Å². The number of rotatable bonds is 8. The van der Waals surface area contributed by atoms with Crippen LogP contribution < -0.4 is 15.8 Å². The maximum atomic E-state index is 12.3. The van der Waals surface area contributed by atoms with Gasteiger partial charge in [-0.1, -0.05) is 25.0 Å². The summed E-state index contributed by atoms with van der Waals surface area (Å²) < 4.78 is 10.3. The summed E-state index contributed by atoms with van der Waals surface area (Å²) >= 11 is 0. The van der Waals surface area contributed by atoms with E-state index in [4.69, 9.17) is 15.2 Å². The molecule has 1 atom stereocenters. The number of hydrogen-bond acceptors (Lipinski definition) is 5. The Morgan fingerprint density at radius 1 is 1.24 bits per heavy atom. The molecule has 0 aliphatic heterocycles. The summed E-state index contributed by atoms with van der Waals surface area (Å²) in [5.41, 5.74) is 6.34. The first-order valence-corrected chi connectivity index (χ1v) is 8.85. The van der Waals surface area contributed by atoms with Crippen LogP contribution in [0.15, 0.2) is 24.3 Å². The fourth-order valence-electron chi connectivity index (χ4n) is 3.20. The Kier molecular flexibility index (Phi) is 6.82. The molecule has 138 valence electrons. The number of carbonyl (C=O) groups is 2. The Morgan fingerprint density at radius 3 is 2.44 bits per heavy atom. The predicted molar refractivity (Wildman–Crippen MR) is 95.2 cm³/mol. The van der Waals surface area contributed by atoms with Crippen molar-refractivity contribution in [2.45, 2.75) is 44.6 Å². The number of methoxy groups -OCH3 is 1. The van der Waals surface area contributed by atoms with E-state index in [1.807, 2.05) is 31.2 Å². The van der Waals surface area contributed by atoms with E-state index in [2.05, 4.69) is 5.32 Å². The van der Waals surface area contributed by atoms with Gasteiger partial charge in [0.25, 0.3) is 0 Å². The van der Waals surface area contributed by atoms with E-state index in [1.54, 1.807) is 0 Å². The van der Waals surface area contributed by atoms with Crippen LogP contribution in [0, 0.1) is 5.92 Å². The largest absolute Gasteiger partial charge is 0.494 e. The second-order valence-corrected chi connectivity index (χ2v) is 6.57. The lowest BCUT2D eigenvalue weighted by molar-refractivity contribution is -0.145. The Labute approximate surface area is 149 Å². The molecule has 1 aromatic rings. The van der Waals surface area contributed by atoms with E-state index in [-0.39, 0.29) is 18.4 Å². The highest BCUT2D eigenvalue weighted by atomic mass is 16.5. The van der Waals surface area contributed by atoms with Crippen LogP contribution >= 0.6 is 0 Å². The third-order valence-electron chi connectivity index (χ3n) is 4.71. The third kappa shape index (κ3) is 5.19. The van der Waals surface area contributed by atoms with Crippen molar-refractivity contribution in [2.24, 2.45) is 11.7 Å². The number of nitrogens with one attached hydrogen (secondary N) is 1. The van der Waals surface area contributed by atoms with Gasteiger partial charge in [-0.05, 0) is 43.9 Å². The van der Waals surface area contributed by atoms with E-state index < -0.39 is 11.5 Å². The summed E-state index contributed by atoms with van der Waals surface area (Å²) in [4.78, 5) is 24.4. The summed E-state index contributed by atoms with van der Waals surface area (Å²) in [6.07, 6.45) is 3.81. The maximum Gasteiger partial charge on any atom is 0.310 e. The Hall–Kier alpha value is -2.08. The average Bonchev–Trinajstić information content (AvgIpc) is 3.07. The highest BCUT2D eigenvalue weighted by Gasteiger charge is 2.37. The maximum absolute atomic E-state index is 12.3. The first kappa shape index (κ1) is 19.2. The average molecular weight is 348 g/mol. The fraction of sp³-hybridized carbons (Fsp3) is 0.579. The smallest absolute Gasteiger partial charge is 0.310 e. The molecular formula is C19H28N2O4. The highest BCUT2D eigenvalue weighted by Crippen LogP contribution is 2.27. The molecular weight excluding hydrogens is 320 g/mol. The number of carbonyl (C=O) groups excluding carboxylic acids is 2. The SMILES string of the molecule is CCOc1ccc(CC(CNC(=O)C2(N)CCCC2)C(=O)OC)cc1. The zero-order chi connectivity index (χ0) is 18.3. The van der Waals surface area contributed by atoms with Gasteiger partial charge in [-0.25, -0.2) is 0 Å². The molecule has 6 nitrogen and oxygen atoms in total. The Balaban J connectivity index is 1.96. The second kappa shape index (κ2) is 8.85. The number of hydrogen-bond donors (Lipinski definition) is 2. The topological polar surface area (TPSA) is 90.6 Å². The van der Waals surface area contributed by atoms with Crippen molar-refractivity contribution in [3.8, 4) is 5.75 Å². The van der Waals surface area contributed by atoms with E-state index in [0.29, 0.717) is 25.9 Å². The Bertz CT molecular complexity index is 580. The van der Waals surface area contributed by atoms with Crippen LogP contribution in [0.1, 0.15) is 38.2 Å². The predicted octanol–water partition coefficient (Wildman–Crippen LogP) is 1.80. The van der Waals surface area contributed by atoms with Crippen molar-refractivity contribution < 1.29 is 19.1 Å². The standard InChI is InChI=1S/C19H28N2O4/c1-3-25-16-8-6-14(7-9-16)12-15(17(22)24-2)13-21-18(23)19(20)10-4-5-11-19/h6-9,15H,3-5,10-13,20H2,1-2H3,(H,21,23). The van der Waals surface area contributed by atoms with Gasteiger partial charge in [0.2, 0.25) is 5.91 Å². The summed E-state index contributed by atoms with van der Waals surface area (Å²) in [6.45, 7) is 2.76. The number of nitrogens with two attached hydrogens (primary N) is 1. The minimum atomic E-state index is -0.792. The van der Waals surface area contributed by atoms with Crippen molar-refractivity contribution in [3.05, 3.63) is 29.8 Å². The first-order valence-electron chi connectivity index (χ1n) is 8.85. The quantitative estimate of drug-likeness (QED) is 0.699. The van der Waals surface area contributed by atoms with Crippen molar-refractivity contribution in [3.63, 3.8) is 0 Å². The van der Waals surface area contributed by atoms with Crippen molar-refractivity contribution in [2.75, 3.05) is 20.3 Å². The zero-order valence-electron chi connectivity index (χ0n) is 15.0. The number of ether oxygens (including phenoxy) is 2. The molecule has 0 saturated heterocycles. The molecule has 6 heteroatoms. The minimum absolute atomic E-state index is 0.175. The van der Waals surface area contributed by atoms with E-state index >= 15 is 0 Å². The van der Waals surface area contributed by atoms with E-state index in [0.717, 1.165) is 24.2 Å². The molecule has 25 heavy (non-hydrogen) atoms. The van der Waals surface area contributed by atoms with Crippen LogP contribution in [0.25, 0.3) is 0 Å². The lowest BCUT2D eigenvalue weighted by Crippen LogP contribution is -2.53. The molecule has 0 radical (unpaired) electrons. The molecule has 1 amide bonds. The van der Waals surface area contributed by atoms with Gasteiger partial charge in [-0.15, -0.1) is 0 Å². The molecule has 1 aromatic carbocycles. The number of benzene rings is 1. The van der Waals surface area contributed by atoms with Gasteiger partial charge in [0.05, 0.1) is 25.2 Å². The van der Waals surface area contributed by atoms with Gasteiger partial charge in [0.1, 0.15) is 5.75 Å². The molecule has 1 unspecified atom stereocenters. The first-order chi connectivity index (χ1) is 12.0. The lowest BCUT2D eigenvalue weighted by atomic mass is 9.96. The van der Waals surface area contributed by atoms with Crippen molar-refractivity contribution in [1.29, 1.82) is 0 Å². The van der Waals surface area contributed by atoms with Crippen LogP contribution in [0.2, 0.25) is 0 Å². The summed E-state index contributed by atoms with van der Waals surface area (Å²) in [6, 6.07) is 7.59. The summed E-state index contributed by atoms with van der Waals surface area (Å²) in [5.74, 6) is -0.172. The molecule has 1 fully saturated rings. The van der Waals surface area contributed by atoms with Gasteiger partial charge < -0.3 is 20.5 Å². The van der Waals surface area contributed by atoms with Crippen molar-refractivity contribution >= 4 is 11.9 Å². The van der Waals surface area contributed by atoms with Crippen LogP contribution in [-0.4, -0.2) is 37.7 Å².